The molecule has 2 unspecified atom stereocenters. The minimum Gasteiger partial charge on any atom is -0.466 e. The highest BCUT2D eigenvalue weighted by molar-refractivity contribution is 5.73. The smallest absolute Gasteiger partial charge is 0.308 e. The monoisotopic (exact) mass is 279 g/mol. The van der Waals surface area contributed by atoms with E-state index in [9.17, 15) is 15.0 Å². The zero-order chi connectivity index (χ0) is 14.7. The summed E-state index contributed by atoms with van der Waals surface area (Å²) in [5.74, 6) is -0.0175. The van der Waals surface area contributed by atoms with Gasteiger partial charge in [-0.2, -0.15) is 0 Å². The van der Waals surface area contributed by atoms with Crippen LogP contribution < -0.4 is 0 Å². The Morgan fingerprint density at radius 2 is 2.20 bits per heavy atom. The Labute approximate surface area is 116 Å². The van der Waals surface area contributed by atoms with Gasteiger partial charge in [0, 0.05) is 6.92 Å². The van der Waals surface area contributed by atoms with Gasteiger partial charge in [0.25, 0.3) is 0 Å². The Bertz CT molecular complexity index is 607. The summed E-state index contributed by atoms with van der Waals surface area (Å²) in [7, 11) is 0. The Morgan fingerprint density at radius 3 is 2.90 bits per heavy atom. The van der Waals surface area contributed by atoms with Crippen LogP contribution in [0.5, 0.6) is 0 Å². The standard InChI is InChI=1S/C14H17NO5/c1-3-19-13(17)7-11(16)14(18)9-4-5-12-10(6-9)15-8(2)20-12/h4-6,11,14,16,18H,3,7H2,1-2H3. The van der Waals surface area contributed by atoms with Crippen molar-refractivity contribution in [1.82, 2.24) is 4.98 Å². The molecule has 0 saturated heterocycles. The first-order valence-corrected chi connectivity index (χ1v) is 6.40. The molecule has 0 amide bonds. The second-order valence-corrected chi connectivity index (χ2v) is 4.48. The highest BCUT2D eigenvalue weighted by Crippen LogP contribution is 2.24. The molecule has 0 spiro atoms. The summed E-state index contributed by atoms with van der Waals surface area (Å²) >= 11 is 0. The summed E-state index contributed by atoms with van der Waals surface area (Å²) in [4.78, 5) is 15.4. The first-order chi connectivity index (χ1) is 9.51. The third-order valence-corrected chi connectivity index (χ3v) is 2.91. The Balaban J connectivity index is 2.13. The van der Waals surface area contributed by atoms with Crippen LogP contribution >= 0.6 is 0 Å². The van der Waals surface area contributed by atoms with Crippen molar-refractivity contribution in [3.8, 4) is 0 Å². The van der Waals surface area contributed by atoms with Gasteiger partial charge >= 0.3 is 5.97 Å². The van der Waals surface area contributed by atoms with Crippen LogP contribution in [0.3, 0.4) is 0 Å². The summed E-state index contributed by atoms with van der Waals surface area (Å²) in [6, 6.07) is 4.93. The quantitative estimate of drug-likeness (QED) is 0.805. The molecule has 0 saturated carbocycles. The number of carbonyl (C=O) groups is 1. The molecular formula is C14H17NO5. The number of carbonyl (C=O) groups excluding carboxylic acids is 1. The molecule has 2 rings (SSSR count). The molecule has 20 heavy (non-hydrogen) atoms. The average molecular weight is 279 g/mol. The minimum atomic E-state index is -1.22. The van der Waals surface area contributed by atoms with Crippen molar-refractivity contribution in [2.24, 2.45) is 0 Å². The molecule has 0 fully saturated rings. The predicted octanol–water partition coefficient (Wildman–Crippen LogP) is 1.48. The van der Waals surface area contributed by atoms with E-state index in [1.807, 2.05) is 0 Å². The molecule has 0 bridgehead atoms. The molecule has 0 radical (unpaired) electrons. The van der Waals surface area contributed by atoms with Crippen molar-refractivity contribution in [1.29, 1.82) is 0 Å². The van der Waals surface area contributed by atoms with Crippen molar-refractivity contribution in [2.75, 3.05) is 6.61 Å². The van der Waals surface area contributed by atoms with E-state index in [4.69, 9.17) is 9.15 Å². The van der Waals surface area contributed by atoms with E-state index < -0.39 is 18.2 Å². The van der Waals surface area contributed by atoms with Crippen molar-refractivity contribution in [3.05, 3.63) is 29.7 Å². The van der Waals surface area contributed by atoms with E-state index in [2.05, 4.69) is 4.98 Å². The lowest BCUT2D eigenvalue weighted by atomic mass is 10.0. The number of aromatic nitrogens is 1. The van der Waals surface area contributed by atoms with E-state index >= 15 is 0 Å². The number of benzene rings is 1. The van der Waals surface area contributed by atoms with Gasteiger partial charge in [-0.15, -0.1) is 0 Å². The van der Waals surface area contributed by atoms with E-state index in [1.54, 1.807) is 32.0 Å². The van der Waals surface area contributed by atoms with Crippen LogP contribution in [-0.4, -0.2) is 33.9 Å². The molecule has 1 aromatic carbocycles. The number of hydrogen-bond acceptors (Lipinski definition) is 6. The number of aliphatic hydroxyl groups excluding tert-OH is 2. The van der Waals surface area contributed by atoms with Gasteiger partial charge in [-0.25, -0.2) is 4.98 Å². The zero-order valence-corrected chi connectivity index (χ0v) is 11.4. The van der Waals surface area contributed by atoms with Crippen LogP contribution in [0.15, 0.2) is 22.6 Å². The van der Waals surface area contributed by atoms with Gasteiger partial charge in [0.05, 0.1) is 19.1 Å². The number of hydrogen-bond donors (Lipinski definition) is 2. The van der Waals surface area contributed by atoms with Crippen LogP contribution in [0.4, 0.5) is 0 Å². The van der Waals surface area contributed by atoms with Crippen molar-refractivity contribution in [2.45, 2.75) is 32.5 Å². The topological polar surface area (TPSA) is 92.8 Å². The van der Waals surface area contributed by atoms with E-state index in [0.717, 1.165) is 0 Å². The minimum absolute atomic E-state index is 0.242. The summed E-state index contributed by atoms with van der Waals surface area (Å²) in [5.41, 5.74) is 1.68. The van der Waals surface area contributed by atoms with Crippen LogP contribution in [-0.2, 0) is 9.53 Å². The van der Waals surface area contributed by atoms with Gasteiger partial charge in [0.2, 0.25) is 0 Å². The van der Waals surface area contributed by atoms with E-state index in [-0.39, 0.29) is 13.0 Å². The number of aryl methyl sites for hydroxylation is 1. The van der Waals surface area contributed by atoms with Gasteiger partial charge in [0.1, 0.15) is 11.6 Å². The molecular weight excluding hydrogens is 262 g/mol. The maximum absolute atomic E-state index is 11.3. The molecule has 0 aliphatic carbocycles. The summed E-state index contributed by atoms with van der Waals surface area (Å²) in [6.07, 6.45) is -2.66. The largest absolute Gasteiger partial charge is 0.466 e. The third-order valence-electron chi connectivity index (χ3n) is 2.91. The molecule has 2 atom stereocenters. The van der Waals surface area contributed by atoms with Crippen LogP contribution in [0.2, 0.25) is 0 Å². The first kappa shape index (κ1) is 14.5. The second-order valence-electron chi connectivity index (χ2n) is 4.48. The summed E-state index contributed by atoms with van der Waals surface area (Å²) in [5, 5.41) is 19.9. The average Bonchev–Trinajstić information content (AvgIpc) is 2.76. The van der Waals surface area contributed by atoms with Crippen LogP contribution in [0, 0.1) is 6.92 Å². The Kier molecular flexibility index (Phi) is 4.36. The maximum atomic E-state index is 11.3. The lowest BCUT2D eigenvalue weighted by Gasteiger charge is -2.17. The number of ether oxygens (including phenoxy) is 1. The molecule has 108 valence electrons. The Morgan fingerprint density at radius 1 is 1.45 bits per heavy atom. The van der Waals surface area contributed by atoms with Crippen molar-refractivity contribution in [3.63, 3.8) is 0 Å². The lowest BCUT2D eigenvalue weighted by Crippen LogP contribution is -2.23. The van der Waals surface area contributed by atoms with E-state index in [1.165, 1.54) is 0 Å². The van der Waals surface area contributed by atoms with Gasteiger partial charge < -0.3 is 19.4 Å². The van der Waals surface area contributed by atoms with Crippen LogP contribution in [0.25, 0.3) is 11.1 Å². The molecule has 2 N–H and O–H groups in total. The van der Waals surface area contributed by atoms with Crippen molar-refractivity contribution >= 4 is 17.1 Å². The maximum Gasteiger partial charge on any atom is 0.308 e. The van der Waals surface area contributed by atoms with E-state index in [0.29, 0.717) is 22.6 Å². The SMILES string of the molecule is CCOC(=O)CC(O)C(O)c1ccc2oc(C)nc2c1. The molecule has 0 aliphatic heterocycles. The number of aliphatic hydroxyl groups is 2. The Hall–Kier alpha value is -1.92. The molecule has 1 heterocycles. The zero-order valence-electron chi connectivity index (χ0n) is 11.4. The van der Waals surface area contributed by atoms with Gasteiger partial charge in [-0.1, -0.05) is 6.07 Å². The van der Waals surface area contributed by atoms with Gasteiger partial charge in [-0.3, -0.25) is 4.79 Å². The highest BCUT2D eigenvalue weighted by atomic mass is 16.5. The van der Waals surface area contributed by atoms with Gasteiger partial charge in [-0.05, 0) is 24.6 Å². The number of esters is 1. The lowest BCUT2D eigenvalue weighted by molar-refractivity contribution is -0.147. The third kappa shape index (κ3) is 3.15. The summed E-state index contributed by atoms with van der Waals surface area (Å²) < 4.78 is 10.1. The molecule has 1 aromatic heterocycles. The fraction of sp³-hybridized carbons (Fsp3) is 0.429. The predicted molar refractivity (Wildman–Crippen MR) is 71.0 cm³/mol. The second kappa shape index (κ2) is 6.02. The molecule has 6 nitrogen and oxygen atoms in total. The molecule has 2 aromatic rings. The first-order valence-electron chi connectivity index (χ1n) is 6.40. The number of nitrogens with zero attached hydrogens (tertiary/aromatic N) is 1. The fourth-order valence-corrected chi connectivity index (χ4v) is 1.97. The fourth-order valence-electron chi connectivity index (χ4n) is 1.97. The van der Waals surface area contributed by atoms with Crippen molar-refractivity contribution < 1.29 is 24.2 Å². The number of rotatable bonds is 5. The van der Waals surface area contributed by atoms with Crippen LogP contribution in [0.1, 0.15) is 30.9 Å². The molecule has 0 aliphatic rings. The van der Waals surface area contributed by atoms with Gasteiger partial charge in [0.15, 0.2) is 11.5 Å². The molecule has 6 heteroatoms. The summed E-state index contributed by atoms with van der Waals surface area (Å²) in [6.45, 7) is 3.65. The normalized spacial score (nSPS) is 14.2. The number of fused-ring (bicyclic) bond motifs is 1. The number of oxazole rings is 1. The highest BCUT2D eigenvalue weighted by Gasteiger charge is 2.22.